The highest BCUT2D eigenvalue weighted by atomic mass is 16.1. The number of carbonyl (C=O) groups excluding carboxylic acids is 1. The third-order valence-electron chi connectivity index (χ3n) is 3.45. The molecule has 4 nitrogen and oxygen atoms in total. The van der Waals surface area contributed by atoms with Crippen LogP contribution in [-0.4, -0.2) is 15.6 Å². The standard InChI is InChI=1S/C15H17N3O/c1-2-5-18-10-14(9-17-18)15(19)11-3-4-12-7-16-8-13(12)6-11/h3-4,6,9-10,16H,2,5,7-8H2,1H3. The van der Waals surface area contributed by atoms with E-state index in [1.807, 2.05) is 29.1 Å². The Labute approximate surface area is 112 Å². The second-order valence-corrected chi connectivity index (χ2v) is 4.91. The molecule has 0 unspecified atom stereocenters. The van der Waals surface area contributed by atoms with Crippen molar-refractivity contribution in [1.29, 1.82) is 0 Å². The quantitative estimate of drug-likeness (QED) is 0.851. The summed E-state index contributed by atoms with van der Waals surface area (Å²) in [7, 11) is 0. The predicted octanol–water partition coefficient (Wildman–Crippen LogP) is 2.13. The Hall–Kier alpha value is -1.94. The van der Waals surface area contributed by atoms with Gasteiger partial charge in [-0.1, -0.05) is 19.1 Å². The Morgan fingerprint density at radius 1 is 1.32 bits per heavy atom. The molecule has 98 valence electrons. The maximum absolute atomic E-state index is 12.4. The van der Waals surface area contributed by atoms with Gasteiger partial charge in [0.15, 0.2) is 5.78 Å². The van der Waals surface area contributed by atoms with Crippen LogP contribution in [-0.2, 0) is 19.6 Å². The summed E-state index contributed by atoms with van der Waals surface area (Å²) in [6.07, 6.45) is 4.50. The SMILES string of the molecule is CCCn1cc(C(=O)c2ccc3c(c2)CNC3)cn1. The first kappa shape index (κ1) is 12.1. The first-order chi connectivity index (χ1) is 9.28. The third-order valence-corrected chi connectivity index (χ3v) is 3.45. The largest absolute Gasteiger partial charge is 0.309 e. The van der Waals surface area contributed by atoms with Crippen LogP contribution in [0.25, 0.3) is 0 Å². The summed E-state index contributed by atoms with van der Waals surface area (Å²) in [5.41, 5.74) is 3.93. The average molecular weight is 255 g/mol. The zero-order valence-electron chi connectivity index (χ0n) is 11.0. The summed E-state index contributed by atoms with van der Waals surface area (Å²) in [5.74, 6) is 0.0528. The molecular weight excluding hydrogens is 238 g/mol. The number of benzene rings is 1. The molecule has 1 aromatic heterocycles. The van der Waals surface area contributed by atoms with E-state index >= 15 is 0 Å². The Kier molecular flexibility index (Phi) is 3.17. The number of hydrogen-bond acceptors (Lipinski definition) is 3. The Morgan fingerprint density at radius 2 is 2.16 bits per heavy atom. The van der Waals surface area contributed by atoms with Crippen molar-refractivity contribution < 1.29 is 4.79 Å². The Balaban J connectivity index is 1.86. The molecule has 1 aliphatic rings. The van der Waals surface area contributed by atoms with Crippen LogP contribution < -0.4 is 5.32 Å². The van der Waals surface area contributed by atoms with Crippen molar-refractivity contribution >= 4 is 5.78 Å². The summed E-state index contributed by atoms with van der Waals surface area (Å²) in [4.78, 5) is 12.4. The number of aromatic nitrogens is 2. The van der Waals surface area contributed by atoms with Crippen LogP contribution in [0.2, 0.25) is 0 Å². The normalized spacial score (nSPS) is 13.5. The minimum Gasteiger partial charge on any atom is -0.309 e. The molecule has 1 aromatic carbocycles. The molecule has 2 aromatic rings. The van der Waals surface area contributed by atoms with Crippen molar-refractivity contribution in [2.75, 3.05) is 0 Å². The number of fused-ring (bicyclic) bond motifs is 1. The fourth-order valence-electron chi connectivity index (χ4n) is 2.43. The van der Waals surface area contributed by atoms with Crippen LogP contribution in [0.15, 0.2) is 30.6 Å². The molecule has 0 spiro atoms. The van der Waals surface area contributed by atoms with Crippen molar-refractivity contribution in [3.8, 4) is 0 Å². The van der Waals surface area contributed by atoms with Gasteiger partial charge >= 0.3 is 0 Å². The second-order valence-electron chi connectivity index (χ2n) is 4.91. The topological polar surface area (TPSA) is 46.9 Å². The molecule has 19 heavy (non-hydrogen) atoms. The fourth-order valence-corrected chi connectivity index (χ4v) is 2.43. The van der Waals surface area contributed by atoms with E-state index < -0.39 is 0 Å². The summed E-state index contributed by atoms with van der Waals surface area (Å²) in [6.45, 7) is 4.70. The molecule has 0 radical (unpaired) electrons. The lowest BCUT2D eigenvalue weighted by molar-refractivity contribution is 0.103. The van der Waals surface area contributed by atoms with E-state index in [4.69, 9.17) is 0 Å². The van der Waals surface area contributed by atoms with Gasteiger partial charge in [0.2, 0.25) is 0 Å². The molecule has 0 amide bonds. The minimum atomic E-state index is 0.0528. The summed E-state index contributed by atoms with van der Waals surface area (Å²) in [5, 5.41) is 7.50. The molecule has 1 aliphatic heterocycles. The van der Waals surface area contributed by atoms with E-state index in [1.54, 1.807) is 6.20 Å². The molecule has 0 saturated heterocycles. The van der Waals surface area contributed by atoms with Crippen LogP contribution in [0.5, 0.6) is 0 Å². The zero-order chi connectivity index (χ0) is 13.2. The van der Waals surface area contributed by atoms with Gasteiger partial charge in [-0.3, -0.25) is 9.48 Å². The van der Waals surface area contributed by atoms with Gasteiger partial charge in [0.1, 0.15) is 0 Å². The number of nitrogens with zero attached hydrogens (tertiary/aromatic N) is 2. The monoisotopic (exact) mass is 255 g/mol. The molecule has 0 fully saturated rings. The van der Waals surface area contributed by atoms with Crippen molar-refractivity contribution in [1.82, 2.24) is 15.1 Å². The van der Waals surface area contributed by atoms with E-state index in [0.29, 0.717) is 5.56 Å². The van der Waals surface area contributed by atoms with Crippen molar-refractivity contribution in [3.63, 3.8) is 0 Å². The van der Waals surface area contributed by atoms with E-state index in [9.17, 15) is 4.79 Å². The third kappa shape index (κ3) is 2.31. The van der Waals surface area contributed by atoms with Crippen LogP contribution in [0.3, 0.4) is 0 Å². The van der Waals surface area contributed by atoms with E-state index in [-0.39, 0.29) is 5.78 Å². The molecule has 0 bridgehead atoms. The summed E-state index contributed by atoms with van der Waals surface area (Å²) >= 11 is 0. The van der Waals surface area contributed by atoms with Gasteiger partial charge in [-0.15, -0.1) is 0 Å². The molecule has 2 heterocycles. The van der Waals surface area contributed by atoms with E-state index in [1.165, 1.54) is 11.1 Å². The fraction of sp³-hybridized carbons (Fsp3) is 0.333. The van der Waals surface area contributed by atoms with Gasteiger partial charge in [0, 0.05) is 31.4 Å². The van der Waals surface area contributed by atoms with Crippen molar-refractivity contribution in [2.45, 2.75) is 33.0 Å². The van der Waals surface area contributed by atoms with Gasteiger partial charge in [0.05, 0.1) is 11.8 Å². The molecule has 0 saturated carbocycles. The zero-order valence-corrected chi connectivity index (χ0v) is 11.0. The molecule has 0 atom stereocenters. The van der Waals surface area contributed by atoms with E-state index in [2.05, 4.69) is 17.3 Å². The highest BCUT2D eigenvalue weighted by Crippen LogP contribution is 2.19. The molecule has 4 heteroatoms. The van der Waals surface area contributed by atoms with Crippen LogP contribution in [0.1, 0.15) is 40.4 Å². The van der Waals surface area contributed by atoms with Gasteiger partial charge in [-0.05, 0) is 23.6 Å². The lowest BCUT2D eigenvalue weighted by Gasteiger charge is -2.02. The number of rotatable bonds is 4. The van der Waals surface area contributed by atoms with Crippen LogP contribution in [0, 0.1) is 0 Å². The number of hydrogen-bond donors (Lipinski definition) is 1. The number of nitrogens with one attached hydrogen (secondary N) is 1. The first-order valence-electron chi connectivity index (χ1n) is 6.67. The highest BCUT2D eigenvalue weighted by Gasteiger charge is 2.15. The Morgan fingerprint density at radius 3 is 3.00 bits per heavy atom. The van der Waals surface area contributed by atoms with Crippen molar-refractivity contribution in [3.05, 3.63) is 52.8 Å². The smallest absolute Gasteiger partial charge is 0.196 e. The molecule has 1 N–H and O–H groups in total. The lowest BCUT2D eigenvalue weighted by atomic mass is 10.0. The minimum absolute atomic E-state index is 0.0528. The first-order valence-corrected chi connectivity index (χ1v) is 6.67. The van der Waals surface area contributed by atoms with Gasteiger partial charge < -0.3 is 5.32 Å². The summed E-state index contributed by atoms with van der Waals surface area (Å²) < 4.78 is 1.82. The van der Waals surface area contributed by atoms with Gasteiger partial charge in [-0.25, -0.2) is 0 Å². The Bertz CT molecular complexity index is 616. The molecule has 3 rings (SSSR count). The average Bonchev–Trinajstić information content (AvgIpc) is 3.05. The predicted molar refractivity (Wildman–Crippen MR) is 72.9 cm³/mol. The van der Waals surface area contributed by atoms with Gasteiger partial charge in [-0.2, -0.15) is 5.10 Å². The van der Waals surface area contributed by atoms with Gasteiger partial charge in [0.25, 0.3) is 0 Å². The van der Waals surface area contributed by atoms with Crippen LogP contribution >= 0.6 is 0 Å². The molecular formula is C15H17N3O. The van der Waals surface area contributed by atoms with Crippen molar-refractivity contribution in [2.24, 2.45) is 0 Å². The highest BCUT2D eigenvalue weighted by molar-refractivity contribution is 6.08. The van der Waals surface area contributed by atoms with E-state index in [0.717, 1.165) is 31.6 Å². The number of ketones is 1. The summed E-state index contributed by atoms with van der Waals surface area (Å²) in [6, 6.07) is 5.94. The number of carbonyl (C=O) groups is 1. The van der Waals surface area contributed by atoms with Crippen LogP contribution in [0.4, 0.5) is 0 Å². The molecule has 0 aliphatic carbocycles. The maximum Gasteiger partial charge on any atom is 0.196 e. The lowest BCUT2D eigenvalue weighted by Crippen LogP contribution is -2.02. The second kappa shape index (κ2) is 4.97. The number of aryl methyl sites for hydroxylation is 1. The maximum atomic E-state index is 12.4.